The topological polar surface area (TPSA) is 24.9 Å². The molecule has 0 saturated carbocycles. The van der Waals surface area contributed by atoms with Crippen LogP contribution in [0.15, 0.2) is 18.2 Å². The summed E-state index contributed by atoms with van der Waals surface area (Å²) in [6.07, 6.45) is 0. The Morgan fingerprint density at radius 3 is 2.75 bits per heavy atom. The van der Waals surface area contributed by atoms with E-state index in [0.29, 0.717) is 12.0 Å². The molecule has 1 aromatic heterocycles. The van der Waals surface area contributed by atoms with Gasteiger partial charge in [-0.3, -0.25) is 0 Å². The molecule has 0 saturated heterocycles. The van der Waals surface area contributed by atoms with E-state index in [1.807, 2.05) is 0 Å². The van der Waals surface area contributed by atoms with Crippen LogP contribution in [-0.4, -0.2) is 11.0 Å². The molecule has 2 rings (SSSR count). The van der Waals surface area contributed by atoms with Gasteiger partial charge in [0.15, 0.2) is 5.13 Å². The standard InChI is InChI=1S/C12H15FN2S/c1-7(2)8(3)14-12-15-10-5-4-9(13)6-11(10)16-12/h4-8H,1-3H3,(H,14,15). The zero-order valence-corrected chi connectivity index (χ0v) is 10.4. The van der Waals surface area contributed by atoms with E-state index in [0.717, 1.165) is 15.3 Å². The van der Waals surface area contributed by atoms with E-state index < -0.39 is 0 Å². The van der Waals surface area contributed by atoms with Crippen LogP contribution in [0.5, 0.6) is 0 Å². The second kappa shape index (κ2) is 4.37. The quantitative estimate of drug-likeness (QED) is 0.877. The van der Waals surface area contributed by atoms with Gasteiger partial charge >= 0.3 is 0 Å². The van der Waals surface area contributed by atoms with Crippen molar-refractivity contribution < 1.29 is 4.39 Å². The van der Waals surface area contributed by atoms with Crippen molar-refractivity contribution in [1.29, 1.82) is 0 Å². The van der Waals surface area contributed by atoms with Gasteiger partial charge in [0.05, 0.1) is 10.2 Å². The Labute approximate surface area is 98.5 Å². The summed E-state index contributed by atoms with van der Waals surface area (Å²) in [7, 11) is 0. The molecule has 0 fully saturated rings. The zero-order chi connectivity index (χ0) is 11.7. The van der Waals surface area contributed by atoms with Crippen molar-refractivity contribution in [2.24, 2.45) is 5.92 Å². The van der Waals surface area contributed by atoms with E-state index >= 15 is 0 Å². The number of halogens is 1. The van der Waals surface area contributed by atoms with Crippen LogP contribution in [0.2, 0.25) is 0 Å². The molecule has 2 nitrogen and oxygen atoms in total. The highest BCUT2D eigenvalue weighted by atomic mass is 32.1. The molecule has 2 aromatic rings. The van der Waals surface area contributed by atoms with Gasteiger partial charge in [-0.1, -0.05) is 25.2 Å². The van der Waals surface area contributed by atoms with Crippen LogP contribution in [0.25, 0.3) is 10.2 Å². The van der Waals surface area contributed by atoms with Crippen molar-refractivity contribution in [1.82, 2.24) is 4.98 Å². The van der Waals surface area contributed by atoms with Crippen LogP contribution in [0.3, 0.4) is 0 Å². The fraction of sp³-hybridized carbons (Fsp3) is 0.417. The number of nitrogens with one attached hydrogen (secondary N) is 1. The number of fused-ring (bicyclic) bond motifs is 1. The number of hydrogen-bond acceptors (Lipinski definition) is 3. The Hall–Kier alpha value is -1.16. The SMILES string of the molecule is CC(C)C(C)Nc1nc2ccc(F)cc2s1. The second-order valence-electron chi connectivity index (χ2n) is 4.31. The molecule has 0 bridgehead atoms. The maximum Gasteiger partial charge on any atom is 0.184 e. The van der Waals surface area contributed by atoms with Crippen molar-refractivity contribution in [2.75, 3.05) is 5.32 Å². The Morgan fingerprint density at radius 1 is 1.31 bits per heavy atom. The molecular weight excluding hydrogens is 223 g/mol. The molecule has 1 aromatic carbocycles. The van der Waals surface area contributed by atoms with Gasteiger partial charge in [0.2, 0.25) is 0 Å². The lowest BCUT2D eigenvalue weighted by molar-refractivity contribution is 0.560. The van der Waals surface area contributed by atoms with Crippen LogP contribution in [0.4, 0.5) is 9.52 Å². The number of thiazole rings is 1. The molecule has 4 heteroatoms. The Morgan fingerprint density at radius 2 is 2.06 bits per heavy atom. The van der Waals surface area contributed by atoms with Crippen molar-refractivity contribution in [3.8, 4) is 0 Å². The van der Waals surface area contributed by atoms with Crippen LogP contribution in [-0.2, 0) is 0 Å². The molecule has 0 aliphatic carbocycles. The summed E-state index contributed by atoms with van der Waals surface area (Å²) < 4.78 is 13.9. The van der Waals surface area contributed by atoms with Crippen LogP contribution < -0.4 is 5.32 Å². The molecule has 0 radical (unpaired) electrons. The van der Waals surface area contributed by atoms with Gasteiger partial charge in [-0.05, 0) is 31.0 Å². The minimum atomic E-state index is -0.209. The van der Waals surface area contributed by atoms with Crippen LogP contribution in [0.1, 0.15) is 20.8 Å². The van der Waals surface area contributed by atoms with E-state index in [1.54, 1.807) is 6.07 Å². The number of anilines is 1. The Balaban J connectivity index is 2.26. The molecular formula is C12H15FN2S. The first-order valence-corrected chi connectivity index (χ1v) is 6.20. The normalized spacial score (nSPS) is 13.3. The largest absolute Gasteiger partial charge is 0.359 e. The molecule has 0 aliphatic heterocycles. The average Bonchev–Trinajstić information content (AvgIpc) is 2.58. The van der Waals surface area contributed by atoms with Crippen molar-refractivity contribution in [2.45, 2.75) is 26.8 Å². The van der Waals surface area contributed by atoms with E-state index in [-0.39, 0.29) is 5.82 Å². The van der Waals surface area contributed by atoms with Gasteiger partial charge in [-0.25, -0.2) is 9.37 Å². The van der Waals surface area contributed by atoms with Gasteiger partial charge in [0, 0.05) is 6.04 Å². The number of hydrogen-bond donors (Lipinski definition) is 1. The maximum atomic E-state index is 13.0. The molecule has 1 N–H and O–H groups in total. The number of benzene rings is 1. The van der Waals surface area contributed by atoms with Crippen molar-refractivity contribution in [3.63, 3.8) is 0 Å². The van der Waals surface area contributed by atoms with E-state index in [9.17, 15) is 4.39 Å². The zero-order valence-electron chi connectivity index (χ0n) is 9.62. The third kappa shape index (κ3) is 2.32. The summed E-state index contributed by atoms with van der Waals surface area (Å²) in [5.74, 6) is 0.336. The summed E-state index contributed by atoms with van der Waals surface area (Å²) in [5.41, 5.74) is 0.852. The van der Waals surface area contributed by atoms with Gasteiger partial charge in [0.25, 0.3) is 0 Å². The first-order chi connectivity index (χ1) is 7.56. The summed E-state index contributed by atoms with van der Waals surface area (Å²) in [4.78, 5) is 4.42. The fourth-order valence-corrected chi connectivity index (χ4v) is 2.31. The predicted octanol–water partition coefficient (Wildman–Crippen LogP) is 3.89. The molecule has 1 unspecified atom stereocenters. The number of aromatic nitrogens is 1. The van der Waals surface area contributed by atoms with E-state index in [4.69, 9.17) is 0 Å². The predicted molar refractivity (Wildman–Crippen MR) is 67.5 cm³/mol. The Bertz CT molecular complexity index is 493. The average molecular weight is 238 g/mol. The minimum Gasteiger partial charge on any atom is -0.359 e. The lowest BCUT2D eigenvalue weighted by Crippen LogP contribution is -2.21. The molecule has 86 valence electrons. The lowest BCUT2D eigenvalue weighted by Gasteiger charge is -2.16. The van der Waals surface area contributed by atoms with Gasteiger partial charge < -0.3 is 5.32 Å². The molecule has 0 amide bonds. The molecule has 1 heterocycles. The third-order valence-corrected chi connectivity index (χ3v) is 3.65. The molecule has 0 aliphatic rings. The first-order valence-electron chi connectivity index (χ1n) is 5.39. The summed E-state index contributed by atoms with van der Waals surface area (Å²) in [6, 6.07) is 5.05. The van der Waals surface area contributed by atoms with Gasteiger partial charge in [-0.15, -0.1) is 0 Å². The molecule has 1 atom stereocenters. The number of nitrogens with zero attached hydrogens (tertiary/aromatic N) is 1. The minimum absolute atomic E-state index is 0.209. The van der Waals surface area contributed by atoms with Crippen molar-refractivity contribution in [3.05, 3.63) is 24.0 Å². The Kier molecular flexibility index (Phi) is 3.10. The van der Waals surface area contributed by atoms with Crippen LogP contribution in [0, 0.1) is 11.7 Å². The summed E-state index contributed by atoms with van der Waals surface area (Å²) in [5, 5.41) is 4.20. The lowest BCUT2D eigenvalue weighted by atomic mass is 10.1. The fourth-order valence-electron chi connectivity index (χ4n) is 1.32. The smallest absolute Gasteiger partial charge is 0.184 e. The molecule has 16 heavy (non-hydrogen) atoms. The third-order valence-electron chi connectivity index (χ3n) is 2.70. The summed E-state index contributed by atoms with van der Waals surface area (Å²) >= 11 is 1.49. The molecule has 0 spiro atoms. The van der Waals surface area contributed by atoms with Gasteiger partial charge in [-0.2, -0.15) is 0 Å². The summed E-state index contributed by atoms with van der Waals surface area (Å²) in [6.45, 7) is 6.44. The highest BCUT2D eigenvalue weighted by molar-refractivity contribution is 7.22. The van der Waals surface area contributed by atoms with Crippen LogP contribution >= 0.6 is 11.3 Å². The monoisotopic (exact) mass is 238 g/mol. The highest BCUT2D eigenvalue weighted by Gasteiger charge is 2.10. The maximum absolute atomic E-state index is 13.0. The van der Waals surface area contributed by atoms with Crippen molar-refractivity contribution >= 4 is 26.7 Å². The van der Waals surface area contributed by atoms with Gasteiger partial charge in [0.1, 0.15) is 5.82 Å². The van der Waals surface area contributed by atoms with E-state index in [1.165, 1.54) is 23.5 Å². The van der Waals surface area contributed by atoms with E-state index in [2.05, 4.69) is 31.1 Å². The first kappa shape index (κ1) is 11.3. The second-order valence-corrected chi connectivity index (χ2v) is 5.34. The highest BCUT2D eigenvalue weighted by Crippen LogP contribution is 2.27. The number of rotatable bonds is 3.